The molecule has 0 aliphatic heterocycles. The standard InChI is InChI=1S/C13H19N3S2/c1-7-6-14-13(17-7)9(3)15-8(2)12-10(4)18-11(5)16-12/h6,8-9,15H,1-5H3. The van der Waals surface area contributed by atoms with E-state index < -0.39 is 0 Å². The first-order valence-electron chi connectivity index (χ1n) is 6.09. The maximum Gasteiger partial charge on any atom is 0.109 e. The molecule has 2 atom stereocenters. The maximum absolute atomic E-state index is 4.60. The summed E-state index contributed by atoms with van der Waals surface area (Å²) in [6, 6.07) is 0.522. The maximum atomic E-state index is 4.60. The molecule has 1 N–H and O–H groups in total. The molecule has 0 saturated heterocycles. The first-order chi connectivity index (χ1) is 8.47. The van der Waals surface area contributed by atoms with E-state index in [1.165, 1.54) is 9.75 Å². The van der Waals surface area contributed by atoms with Crippen molar-refractivity contribution in [2.45, 2.75) is 46.7 Å². The lowest BCUT2D eigenvalue weighted by atomic mass is 10.2. The molecule has 5 heteroatoms. The summed E-state index contributed by atoms with van der Waals surface area (Å²) in [5.74, 6) is 0. The van der Waals surface area contributed by atoms with Crippen LogP contribution in [-0.2, 0) is 0 Å². The summed E-state index contributed by atoms with van der Waals surface area (Å²) in [6.07, 6.45) is 1.93. The van der Waals surface area contributed by atoms with E-state index in [2.05, 4.69) is 49.9 Å². The van der Waals surface area contributed by atoms with Crippen LogP contribution in [0.25, 0.3) is 0 Å². The van der Waals surface area contributed by atoms with Gasteiger partial charge < -0.3 is 5.32 Å². The number of nitrogens with one attached hydrogen (secondary N) is 1. The van der Waals surface area contributed by atoms with Crippen LogP contribution < -0.4 is 5.32 Å². The second-order valence-electron chi connectivity index (χ2n) is 4.59. The summed E-state index contributed by atoms with van der Waals surface area (Å²) in [4.78, 5) is 11.6. The molecule has 18 heavy (non-hydrogen) atoms. The topological polar surface area (TPSA) is 37.8 Å². The zero-order chi connectivity index (χ0) is 13.3. The number of nitrogens with zero attached hydrogens (tertiary/aromatic N) is 2. The summed E-state index contributed by atoms with van der Waals surface area (Å²) in [6.45, 7) is 10.6. The van der Waals surface area contributed by atoms with Crippen molar-refractivity contribution < 1.29 is 0 Å². The van der Waals surface area contributed by atoms with Crippen molar-refractivity contribution in [3.05, 3.63) is 31.7 Å². The van der Waals surface area contributed by atoms with Gasteiger partial charge in [-0.3, -0.25) is 0 Å². The van der Waals surface area contributed by atoms with Gasteiger partial charge in [-0.1, -0.05) is 0 Å². The number of aryl methyl sites for hydroxylation is 3. The van der Waals surface area contributed by atoms with Crippen LogP contribution in [0.5, 0.6) is 0 Å². The summed E-state index contributed by atoms with van der Waals surface area (Å²) in [7, 11) is 0. The fraction of sp³-hybridized carbons (Fsp3) is 0.538. The molecule has 0 radical (unpaired) electrons. The Bertz CT molecular complexity index is 530. The third kappa shape index (κ3) is 2.96. The average Bonchev–Trinajstić information content (AvgIpc) is 2.84. The molecule has 0 spiro atoms. The second kappa shape index (κ2) is 5.47. The molecular formula is C13H19N3S2. The largest absolute Gasteiger partial charge is 0.300 e. The van der Waals surface area contributed by atoms with Crippen molar-refractivity contribution in [1.82, 2.24) is 15.3 Å². The molecule has 2 aromatic heterocycles. The molecule has 0 saturated carbocycles. The fourth-order valence-electron chi connectivity index (χ4n) is 2.04. The van der Waals surface area contributed by atoms with E-state index in [-0.39, 0.29) is 12.1 Å². The molecule has 0 bridgehead atoms. The normalized spacial score (nSPS) is 14.7. The Balaban J connectivity index is 2.07. The molecule has 0 fully saturated rings. The van der Waals surface area contributed by atoms with E-state index in [1.54, 1.807) is 22.7 Å². The van der Waals surface area contributed by atoms with Gasteiger partial charge in [0, 0.05) is 22.0 Å². The van der Waals surface area contributed by atoms with E-state index >= 15 is 0 Å². The van der Waals surface area contributed by atoms with Crippen LogP contribution >= 0.6 is 22.7 Å². The molecule has 2 rings (SSSR count). The highest BCUT2D eigenvalue weighted by molar-refractivity contribution is 7.11. The molecule has 0 amide bonds. The lowest BCUT2D eigenvalue weighted by Gasteiger charge is -2.17. The zero-order valence-electron chi connectivity index (χ0n) is 11.4. The van der Waals surface area contributed by atoms with Gasteiger partial charge in [-0.2, -0.15) is 0 Å². The number of thiazole rings is 2. The highest BCUT2D eigenvalue weighted by atomic mass is 32.1. The highest BCUT2D eigenvalue weighted by Crippen LogP contribution is 2.26. The third-order valence-corrected chi connectivity index (χ3v) is 4.86. The van der Waals surface area contributed by atoms with E-state index in [4.69, 9.17) is 0 Å². The Morgan fingerprint density at radius 1 is 1.11 bits per heavy atom. The molecule has 3 nitrogen and oxygen atoms in total. The van der Waals surface area contributed by atoms with Crippen LogP contribution in [0.2, 0.25) is 0 Å². The van der Waals surface area contributed by atoms with Crippen molar-refractivity contribution in [2.75, 3.05) is 0 Å². The SMILES string of the molecule is Cc1cnc(C(C)NC(C)c2nc(C)sc2C)s1. The molecule has 98 valence electrons. The Hall–Kier alpha value is -0.780. The zero-order valence-corrected chi connectivity index (χ0v) is 13.1. The minimum atomic E-state index is 0.258. The fourth-order valence-corrected chi connectivity index (χ4v) is 3.74. The highest BCUT2D eigenvalue weighted by Gasteiger charge is 2.17. The monoisotopic (exact) mass is 281 g/mol. The van der Waals surface area contributed by atoms with Crippen LogP contribution in [0, 0.1) is 20.8 Å². The summed E-state index contributed by atoms with van der Waals surface area (Å²) >= 11 is 3.51. The minimum Gasteiger partial charge on any atom is -0.300 e. The molecule has 2 aromatic rings. The van der Waals surface area contributed by atoms with Gasteiger partial charge in [0.25, 0.3) is 0 Å². The molecule has 0 aliphatic carbocycles. The smallest absolute Gasteiger partial charge is 0.109 e. The van der Waals surface area contributed by atoms with E-state index in [0.717, 1.165) is 15.7 Å². The summed E-state index contributed by atoms with van der Waals surface area (Å²) < 4.78 is 0. The molecule has 0 aliphatic rings. The number of hydrogen-bond donors (Lipinski definition) is 1. The lowest BCUT2D eigenvalue weighted by Crippen LogP contribution is -2.23. The van der Waals surface area contributed by atoms with Crippen LogP contribution in [0.4, 0.5) is 0 Å². The first-order valence-corrected chi connectivity index (χ1v) is 7.73. The van der Waals surface area contributed by atoms with E-state index in [1.807, 2.05) is 6.20 Å². The van der Waals surface area contributed by atoms with Crippen LogP contribution in [0.1, 0.15) is 51.4 Å². The predicted molar refractivity (Wildman–Crippen MR) is 78.4 cm³/mol. The Kier molecular flexibility index (Phi) is 4.14. The quantitative estimate of drug-likeness (QED) is 0.922. The number of rotatable bonds is 4. The van der Waals surface area contributed by atoms with Gasteiger partial charge in [-0.05, 0) is 34.6 Å². The van der Waals surface area contributed by atoms with Crippen molar-refractivity contribution in [1.29, 1.82) is 0 Å². The van der Waals surface area contributed by atoms with Gasteiger partial charge >= 0.3 is 0 Å². The second-order valence-corrected chi connectivity index (χ2v) is 7.27. The predicted octanol–water partition coefficient (Wildman–Crippen LogP) is 3.94. The van der Waals surface area contributed by atoms with Gasteiger partial charge in [0.1, 0.15) is 5.01 Å². The van der Waals surface area contributed by atoms with Crippen LogP contribution in [-0.4, -0.2) is 9.97 Å². The Labute approximate surface area is 116 Å². The van der Waals surface area contributed by atoms with E-state index in [0.29, 0.717) is 0 Å². The van der Waals surface area contributed by atoms with E-state index in [9.17, 15) is 0 Å². The third-order valence-electron chi connectivity index (χ3n) is 2.86. The van der Waals surface area contributed by atoms with Crippen molar-refractivity contribution in [2.24, 2.45) is 0 Å². The minimum absolute atomic E-state index is 0.258. The van der Waals surface area contributed by atoms with Gasteiger partial charge in [0.05, 0.1) is 16.7 Å². The molecule has 2 unspecified atom stereocenters. The van der Waals surface area contributed by atoms with Crippen LogP contribution in [0.3, 0.4) is 0 Å². The summed E-state index contributed by atoms with van der Waals surface area (Å²) in [5, 5.41) is 5.85. The molecule has 2 heterocycles. The van der Waals surface area contributed by atoms with Gasteiger partial charge in [0.2, 0.25) is 0 Å². The molecular weight excluding hydrogens is 262 g/mol. The average molecular weight is 281 g/mol. The molecule has 0 aromatic carbocycles. The van der Waals surface area contributed by atoms with Gasteiger partial charge in [-0.25, -0.2) is 9.97 Å². The van der Waals surface area contributed by atoms with Crippen LogP contribution in [0.15, 0.2) is 6.20 Å². The van der Waals surface area contributed by atoms with Crippen molar-refractivity contribution in [3.8, 4) is 0 Å². The van der Waals surface area contributed by atoms with Crippen molar-refractivity contribution >= 4 is 22.7 Å². The Morgan fingerprint density at radius 3 is 2.33 bits per heavy atom. The van der Waals surface area contributed by atoms with Gasteiger partial charge in [-0.15, -0.1) is 22.7 Å². The number of hydrogen-bond acceptors (Lipinski definition) is 5. The van der Waals surface area contributed by atoms with Gasteiger partial charge in [0.15, 0.2) is 0 Å². The first kappa shape index (κ1) is 13.6. The Morgan fingerprint density at radius 2 is 1.83 bits per heavy atom. The lowest BCUT2D eigenvalue weighted by molar-refractivity contribution is 0.484. The number of aromatic nitrogens is 2. The summed E-state index contributed by atoms with van der Waals surface area (Å²) in [5.41, 5.74) is 1.16. The van der Waals surface area contributed by atoms with Crippen molar-refractivity contribution in [3.63, 3.8) is 0 Å².